The lowest BCUT2D eigenvalue weighted by atomic mass is 10.1. The summed E-state index contributed by atoms with van der Waals surface area (Å²) >= 11 is 0. The number of rotatable bonds is 8. The van der Waals surface area contributed by atoms with E-state index in [-0.39, 0.29) is 25.1 Å². The van der Waals surface area contributed by atoms with Gasteiger partial charge in [0.05, 0.1) is 0 Å². The van der Waals surface area contributed by atoms with Crippen molar-refractivity contribution in [1.29, 1.82) is 0 Å². The van der Waals surface area contributed by atoms with E-state index in [4.69, 9.17) is 18.9 Å². The summed E-state index contributed by atoms with van der Waals surface area (Å²) in [5, 5.41) is 2.80. The molecule has 7 nitrogen and oxygen atoms in total. The smallest absolute Gasteiger partial charge is 0.262 e. The van der Waals surface area contributed by atoms with Crippen molar-refractivity contribution in [2.24, 2.45) is 0 Å². The van der Waals surface area contributed by atoms with Crippen molar-refractivity contribution in [3.05, 3.63) is 77.9 Å². The molecule has 0 fully saturated rings. The molecule has 0 saturated carbocycles. The Kier molecular flexibility index (Phi) is 6.03. The molecular formula is C24H21NO6. The summed E-state index contributed by atoms with van der Waals surface area (Å²) in [5.74, 6) is 2.24. The van der Waals surface area contributed by atoms with Crippen LogP contribution in [0.3, 0.4) is 0 Å². The minimum Gasteiger partial charge on any atom is -0.489 e. The van der Waals surface area contributed by atoms with E-state index in [0.29, 0.717) is 40.9 Å². The summed E-state index contributed by atoms with van der Waals surface area (Å²) in [6.45, 7) is 1.91. The van der Waals surface area contributed by atoms with E-state index in [1.54, 1.807) is 36.4 Å². The van der Waals surface area contributed by atoms with E-state index in [1.807, 2.05) is 30.3 Å². The Balaban J connectivity index is 1.28. The van der Waals surface area contributed by atoms with E-state index in [1.165, 1.54) is 6.92 Å². The Morgan fingerprint density at radius 2 is 1.68 bits per heavy atom. The Labute approximate surface area is 179 Å². The number of hydrogen-bond acceptors (Lipinski definition) is 6. The Bertz CT molecular complexity index is 1090. The summed E-state index contributed by atoms with van der Waals surface area (Å²) in [5.41, 5.74) is 2.14. The maximum atomic E-state index is 12.2. The van der Waals surface area contributed by atoms with Crippen LogP contribution in [-0.4, -0.2) is 25.1 Å². The van der Waals surface area contributed by atoms with E-state index in [9.17, 15) is 9.59 Å². The SMILES string of the molecule is CC(=O)c1ccc(OCC(=O)Nc2cccc(COc3ccc4c(c3)OCO4)c2)cc1. The van der Waals surface area contributed by atoms with E-state index < -0.39 is 0 Å². The number of carbonyl (C=O) groups is 2. The summed E-state index contributed by atoms with van der Waals surface area (Å²) in [6.07, 6.45) is 0. The molecule has 3 aromatic carbocycles. The highest BCUT2D eigenvalue weighted by Crippen LogP contribution is 2.35. The molecule has 1 N–H and O–H groups in total. The molecule has 158 valence electrons. The van der Waals surface area contributed by atoms with Crippen molar-refractivity contribution in [2.45, 2.75) is 13.5 Å². The quantitative estimate of drug-likeness (QED) is 0.551. The van der Waals surface area contributed by atoms with Crippen LogP contribution < -0.4 is 24.3 Å². The number of fused-ring (bicyclic) bond motifs is 1. The van der Waals surface area contributed by atoms with Crippen molar-refractivity contribution < 1.29 is 28.5 Å². The zero-order chi connectivity index (χ0) is 21.6. The van der Waals surface area contributed by atoms with Gasteiger partial charge in [0.1, 0.15) is 18.1 Å². The lowest BCUT2D eigenvalue weighted by Gasteiger charge is -2.10. The van der Waals surface area contributed by atoms with Gasteiger partial charge in [-0.2, -0.15) is 0 Å². The maximum Gasteiger partial charge on any atom is 0.262 e. The predicted octanol–water partition coefficient (Wildman–Crippen LogP) is 4.21. The van der Waals surface area contributed by atoms with Gasteiger partial charge < -0.3 is 24.3 Å². The van der Waals surface area contributed by atoms with Gasteiger partial charge in [-0.1, -0.05) is 12.1 Å². The molecule has 1 aliphatic rings. The molecule has 3 aromatic rings. The molecule has 0 unspecified atom stereocenters. The molecule has 4 rings (SSSR count). The van der Waals surface area contributed by atoms with Gasteiger partial charge in [0.15, 0.2) is 23.9 Å². The summed E-state index contributed by atoms with van der Waals surface area (Å²) in [6, 6.07) is 19.5. The van der Waals surface area contributed by atoms with Gasteiger partial charge >= 0.3 is 0 Å². The van der Waals surface area contributed by atoms with Gasteiger partial charge in [-0.25, -0.2) is 0 Å². The van der Waals surface area contributed by atoms with Crippen LogP contribution in [0.25, 0.3) is 0 Å². The number of anilines is 1. The average molecular weight is 419 g/mol. The van der Waals surface area contributed by atoms with Crippen molar-refractivity contribution in [2.75, 3.05) is 18.7 Å². The van der Waals surface area contributed by atoms with Gasteiger partial charge in [-0.05, 0) is 61.0 Å². The fraction of sp³-hybridized carbons (Fsp3) is 0.167. The zero-order valence-electron chi connectivity index (χ0n) is 16.9. The molecule has 7 heteroatoms. The molecule has 1 heterocycles. The highest BCUT2D eigenvalue weighted by Gasteiger charge is 2.13. The fourth-order valence-corrected chi connectivity index (χ4v) is 3.00. The van der Waals surface area contributed by atoms with Crippen LogP contribution in [0.15, 0.2) is 66.7 Å². The molecule has 0 bridgehead atoms. The van der Waals surface area contributed by atoms with Gasteiger partial charge in [0.2, 0.25) is 6.79 Å². The lowest BCUT2D eigenvalue weighted by Crippen LogP contribution is -2.20. The van der Waals surface area contributed by atoms with Crippen LogP contribution in [-0.2, 0) is 11.4 Å². The Hall–Kier alpha value is -4.00. The summed E-state index contributed by atoms with van der Waals surface area (Å²) in [4.78, 5) is 23.5. The Morgan fingerprint density at radius 1 is 0.903 bits per heavy atom. The summed E-state index contributed by atoms with van der Waals surface area (Å²) < 4.78 is 21.9. The van der Waals surface area contributed by atoms with Crippen LogP contribution in [0.1, 0.15) is 22.8 Å². The first-order chi connectivity index (χ1) is 15.1. The molecule has 0 saturated heterocycles. The van der Waals surface area contributed by atoms with Gasteiger partial charge in [0, 0.05) is 17.3 Å². The Morgan fingerprint density at radius 3 is 2.48 bits per heavy atom. The van der Waals surface area contributed by atoms with Crippen molar-refractivity contribution in [3.8, 4) is 23.0 Å². The third-order valence-corrected chi connectivity index (χ3v) is 4.59. The van der Waals surface area contributed by atoms with Gasteiger partial charge in [-0.15, -0.1) is 0 Å². The molecule has 1 amide bonds. The van der Waals surface area contributed by atoms with Crippen molar-refractivity contribution in [3.63, 3.8) is 0 Å². The molecule has 0 radical (unpaired) electrons. The normalized spacial score (nSPS) is 11.6. The number of ether oxygens (including phenoxy) is 4. The number of hydrogen-bond donors (Lipinski definition) is 1. The fourth-order valence-electron chi connectivity index (χ4n) is 3.00. The number of carbonyl (C=O) groups excluding carboxylic acids is 2. The maximum absolute atomic E-state index is 12.2. The van der Waals surface area contributed by atoms with Crippen LogP contribution in [0.2, 0.25) is 0 Å². The highest BCUT2D eigenvalue weighted by molar-refractivity contribution is 5.94. The number of nitrogens with one attached hydrogen (secondary N) is 1. The first kappa shape index (κ1) is 20.3. The second-order valence-corrected chi connectivity index (χ2v) is 6.92. The van der Waals surface area contributed by atoms with Gasteiger partial charge in [-0.3, -0.25) is 9.59 Å². The molecule has 0 aromatic heterocycles. The molecule has 0 atom stereocenters. The monoisotopic (exact) mass is 419 g/mol. The first-order valence-electron chi connectivity index (χ1n) is 9.72. The predicted molar refractivity (Wildman–Crippen MR) is 114 cm³/mol. The standard InChI is InChI=1S/C24H21NO6/c1-16(26)18-5-7-20(8-6-18)29-14-24(27)25-19-4-2-3-17(11-19)13-28-21-9-10-22-23(12-21)31-15-30-22/h2-12H,13-15H2,1H3,(H,25,27). The third kappa shape index (κ3) is 5.33. The summed E-state index contributed by atoms with van der Waals surface area (Å²) in [7, 11) is 0. The van der Waals surface area contributed by atoms with Crippen LogP contribution >= 0.6 is 0 Å². The van der Waals surface area contributed by atoms with Crippen LogP contribution in [0.4, 0.5) is 5.69 Å². The minimum absolute atomic E-state index is 0.0216. The second kappa shape index (κ2) is 9.21. The molecule has 0 spiro atoms. The van der Waals surface area contributed by atoms with E-state index in [2.05, 4.69) is 5.32 Å². The number of Topliss-reactive ketones (excluding diaryl/α,β-unsaturated/α-hetero) is 1. The largest absolute Gasteiger partial charge is 0.489 e. The van der Waals surface area contributed by atoms with Crippen molar-refractivity contribution in [1.82, 2.24) is 0 Å². The van der Waals surface area contributed by atoms with E-state index >= 15 is 0 Å². The topological polar surface area (TPSA) is 83.1 Å². The average Bonchev–Trinajstić information content (AvgIpc) is 3.25. The van der Waals surface area contributed by atoms with Crippen LogP contribution in [0, 0.1) is 0 Å². The second-order valence-electron chi connectivity index (χ2n) is 6.92. The van der Waals surface area contributed by atoms with Crippen LogP contribution in [0.5, 0.6) is 23.0 Å². The number of ketones is 1. The molecule has 31 heavy (non-hydrogen) atoms. The van der Waals surface area contributed by atoms with E-state index in [0.717, 1.165) is 5.56 Å². The minimum atomic E-state index is -0.288. The first-order valence-corrected chi connectivity index (χ1v) is 9.72. The van der Waals surface area contributed by atoms with Gasteiger partial charge in [0.25, 0.3) is 5.91 Å². The lowest BCUT2D eigenvalue weighted by molar-refractivity contribution is -0.118. The molecular weight excluding hydrogens is 398 g/mol. The highest BCUT2D eigenvalue weighted by atomic mass is 16.7. The molecule has 0 aliphatic carbocycles. The molecule has 1 aliphatic heterocycles. The number of amides is 1. The van der Waals surface area contributed by atoms with Crippen molar-refractivity contribution >= 4 is 17.4 Å². The number of benzene rings is 3. The zero-order valence-corrected chi connectivity index (χ0v) is 16.9. The third-order valence-electron chi connectivity index (χ3n) is 4.59.